The molecule has 1 saturated heterocycles. The molecule has 0 unspecified atom stereocenters. The fourth-order valence-electron chi connectivity index (χ4n) is 3.13. The van der Waals surface area contributed by atoms with Gasteiger partial charge in [-0.1, -0.05) is 11.6 Å². The lowest BCUT2D eigenvalue weighted by molar-refractivity contribution is -0.139. The Balaban J connectivity index is 1.83. The van der Waals surface area contributed by atoms with E-state index in [4.69, 9.17) is 25.5 Å². The number of aryl methyl sites for hydroxylation is 1. The summed E-state index contributed by atoms with van der Waals surface area (Å²) in [5.41, 5.74) is -0.187. The van der Waals surface area contributed by atoms with Crippen molar-refractivity contribution in [3.63, 3.8) is 0 Å². The van der Waals surface area contributed by atoms with E-state index < -0.39 is 29.3 Å². The van der Waals surface area contributed by atoms with E-state index in [0.29, 0.717) is 30.3 Å². The number of rotatable bonds is 2. The van der Waals surface area contributed by atoms with E-state index in [1.165, 1.54) is 17.0 Å². The highest BCUT2D eigenvalue weighted by atomic mass is 35.5. The molecule has 0 N–H and O–H groups in total. The lowest BCUT2D eigenvalue weighted by atomic mass is 10.1. The fourth-order valence-corrected chi connectivity index (χ4v) is 3.33. The van der Waals surface area contributed by atoms with Crippen molar-refractivity contribution in [1.29, 1.82) is 0 Å². The topological polar surface area (TPSA) is 86.0 Å². The summed E-state index contributed by atoms with van der Waals surface area (Å²) in [6, 6.07) is 3.60. The molecule has 0 aliphatic carbocycles. The molecule has 7 nitrogen and oxygen atoms in total. The Labute approximate surface area is 167 Å². The molecule has 0 saturated carbocycles. The van der Waals surface area contributed by atoms with Crippen LogP contribution in [0.25, 0.3) is 11.0 Å². The smallest absolute Gasteiger partial charge is 0.411 e. The van der Waals surface area contributed by atoms with Gasteiger partial charge in [-0.2, -0.15) is 0 Å². The minimum absolute atomic E-state index is 0.0731. The highest BCUT2D eigenvalue weighted by Crippen LogP contribution is 2.32. The van der Waals surface area contributed by atoms with Gasteiger partial charge in [-0.25, -0.2) is 14.4 Å². The largest absolute Gasteiger partial charge is 0.444 e. The van der Waals surface area contributed by atoms with Gasteiger partial charge < -0.3 is 13.9 Å². The van der Waals surface area contributed by atoms with Crippen molar-refractivity contribution in [3.8, 4) is 5.75 Å². The van der Waals surface area contributed by atoms with Crippen LogP contribution in [0.4, 0.5) is 4.79 Å². The van der Waals surface area contributed by atoms with E-state index in [1.54, 1.807) is 33.8 Å². The average molecular weight is 408 g/mol. The minimum atomic E-state index is -0.758. The molecule has 150 valence electrons. The first-order valence-corrected chi connectivity index (χ1v) is 9.38. The number of carbonyl (C=O) groups excluding carboxylic acids is 2. The average Bonchev–Trinajstić information content (AvgIpc) is 3.04. The Hall–Kier alpha value is -2.54. The predicted octanol–water partition coefficient (Wildman–Crippen LogP) is 4.06. The van der Waals surface area contributed by atoms with Crippen LogP contribution in [0.15, 0.2) is 27.4 Å². The summed E-state index contributed by atoms with van der Waals surface area (Å²) in [5.74, 6) is -0.538. The van der Waals surface area contributed by atoms with Crippen molar-refractivity contribution in [2.75, 3.05) is 6.54 Å². The summed E-state index contributed by atoms with van der Waals surface area (Å²) in [6.07, 6.45) is 0.578. The second-order valence-corrected chi connectivity index (χ2v) is 8.19. The molecule has 3 rings (SSSR count). The maximum atomic E-state index is 12.7. The van der Waals surface area contributed by atoms with Crippen molar-refractivity contribution in [2.24, 2.45) is 0 Å². The zero-order valence-electron chi connectivity index (χ0n) is 16.2. The molecular weight excluding hydrogens is 386 g/mol. The monoisotopic (exact) mass is 407 g/mol. The number of fused-ring (bicyclic) bond motifs is 1. The van der Waals surface area contributed by atoms with Crippen molar-refractivity contribution in [2.45, 2.75) is 52.2 Å². The van der Waals surface area contributed by atoms with Crippen LogP contribution in [0, 0.1) is 6.92 Å². The number of amides is 1. The minimum Gasteiger partial charge on any atom is -0.444 e. The predicted molar refractivity (Wildman–Crippen MR) is 104 cm³/mol. The zero-order chi connectivity index (χ0) is 20.6. The van der Waals surface area contributed by atoms with Gasteiger partial charge >= 0.3 is 17.7 Å². The van der Waals surface area contributed by atoms with Gasteiger partial charge in [0.1, 0.15) is 17.2 Å². The van der Waals surface area contributed by atoms with Gasteiger partial charge in [-0.15, -0.1) is 0 Å². The summed E-state index contributed by atoms with van der Waals surface area (Å²) in [7, 11) is 0. The molecule has 1 aliphatic heterocycles. The van der Waals surface area contributed by atoms with Crippen LogP contribution in [-0.2, 0) is 9.53 Å². The molecule has 1 amide bonds. The quantitative estimate of drug-likeness (QED) is 0.424. The fraction of sp³-hybridized carbons (Fsp3) is 0.450. The highest BCUT2D eigenvalue weighted by Gasteiger charge is 2.38. The molecule has 1 fully saturated rings. The van der Waals surface area contributed by atoms with Gasteiger partial charge in [0.2, 0.25) is 0 Å². The molecule has 8 heteroatoms. The summed E-state index contributed by atoms with van der Waals surface area (Å²) < 4.78 is 16.0. The van der Waals surface area contributed by atoms with Crippen LogP contribution in [0.2, 0.25) is 5.02 Å². The van der Waals surface area contributed by atoms with Crippen molar-refractivity contribution in [3.05, 3.63) is 39.2 Å². The number of carbonyl (C=O) groups is 2. The Morgan fingerprint density at radius 2 is 1.96 bits per heavy atom. The Morgan fingerprint density at radius 3 is 2.64 bits per heavy atom. The molecule has 0 bridgehead atoms. The number of likely N-dealkylation sites (tertiary alicyclic amines) is 1. The molecule has 2 heterocycles. The first kappa shape index (κ1) is 20.2. The number of esters is 1. The van der Waals surface area contributed by atoms with Crippen LogP contribution >= 0.6 is 11.6 Å². The van der Waals surface area contributed by atoms with Gasteiger partial charge in [0.05, 0.1) is 5.02 Å². The second kappa shape index (κ2) is 7.47. The highest BCUT2D eigenvalue weighted by molar-refractivity contribution is 6.33. The molecule has 1 aromatic carbocycles. The van der Waals surface area contributed by atoms with Gasteiger partial charge in [0.15, 0.2) is 5.75 Å². The van der Waals surface area contributed by atoms with E-state index in [1.807, 2.05) is 0 Å². The third-order valence-electron chi connectivity index (χ3n) is 4.37. The number of ether oxygens (including phenoxy) is 2. The van der Waals surface area contributed by atoms with Crippen LogP contribution < -0.4 is 10.4 Å². The lowest BCUT2D eigenvalue weighted by Gasteiger charge is -2.27. The number of benzene rings is 1. The molecule has 1 aliphatic rings. The van der Waals surface area contributed by atoms with Gasteiger partial charge in [0, 0.05) is 24.1 Å². The Kier molecular flexibility index (Phi) is 5.39. The van der Waals surface area contributed by atoms with Crippen LogP contribution in [-0.4, -0.2) is 35.2 Å². The number of halogens is 1. The standard InChI is InChI=1S/C20H22ClNO6/c1-11-8-17(23)26-15-10-16(13(21)9-12(11)15)27-18(24)14-6-5-7-22(14)19(25)28-20(2,3)4/h8-10,14H,5-7H2,1-4H3/t14-/m0/s1. The lowest BCUT2D eigenvalue weighted by Crippen LogP contribution is -2.44. The molecule has 1 aromatic heterocycles. The third-order valence-corrected chi connectivity index (χ3v) is 4.66. The third kappa shape index (κ3) is 4.30. The maximum Gasteiger partial charge on any atom is 0.411 e. The number of nitrogens with zero attached hydrogens (tertiary/aromatic N) is 1. The molecule has 1 atom stereocenters. The van der Waals surface area contributed by atoms with E-state index in [-0.39, 0.29) is 16.4 Å². The van der Waals surface area contributed by atoms with Gasteiger partial charge in [-0.3, -0.25) is 4.90 Å². The molecule has 2 aromatic rings. The Bertz CT molecular complexity index is 991. The van der Waals surface area contributed by atoms with Crippen LogP contribution in [0.5, 0.6) is 5.75 Å². The van der Waals surface area contributed by atoms with Crippen molar-refractivity contribution < 1.29 is 23.5 Å². The molecule has 0 radical (unpaired) electrons. The summed E-state index contributed by atoms with van der Waals surface area (Å²) in [5, 5.41) is 0.861. The normalized spacial score (nSPS) is 17.0. The van der Waals surface area contributed by atoms with Crippen molar-refractivity contribution in [1.82, 2.24) is 4.90 Å². The van der Waals surface area contributed by atoms with Gasteiger partial charge in [0.25, 0.3) is 0 Å². The van der Waals surface area contributed by atoms with Crippen molar-refractivity contribution >= 4 is 34.6 Å². The van der Waals surface area contributed by atoms with E-state index in [9.17, 15) is 14.4 Å². The SMILES string of the molecule is Cc1cc(=O)oc2cc(OC(=O)[C@@H]3CCCN3C(=O)OC(C)(C)C)c(Cl)cc12. The van der Waals surface area contributed by atoms with E-state index >= 15 is 0 Å². The van der Waals surface area contributed by atoms with E-state index in [0.717, 1.165) is 0 Å². The molecule has 28 heavy (non-hydrogen) atoms. The Morgan fingerprint density at radius 1 is 1.25 bits per heavy atom. The summed E-state index contributed by atoms with van der Waals surface area (Å²) in [4.78, 5) is 38.0. The molecule has 0 spiro atoms. The second-order valence-electron chi connectivity index (χ2n) is 7.78. The molecular formula is C20H22ClNO6. The number of hydrogen-bond acceptors (Lipinski definition) is 6. The van der Waals surface area contributed by atoms with Crippen LogP contribution in [0.3, 0.4) is 0 Å². The summed E-state index contributed by atoms with van der Waals surface area (Å²) >= 11 is 6.25. The van der Waals surface area contributed by atoms with Crippen LogP contribution in [0.1, 0.15) is 39.2 Å². The maximum absolute atomic E-state index is 12.7. The number of hydrogen-bond donors (Lipinski definition) is 0. The van der Waals surface area contributed by atoms with Gasteiger partial charge in [-0.05, 0) is 52.2 Å². The first-order valence-electron chi connectivity index (χ1n) is 9.00. The van der Waals surface area contributed by atoms with E-state index in [2.05, 4.69) is 0 Å². The zero-order valence-corrected chi connectivity index (χ0v) is 17.0. The first-order chi connectivity index (χ1) is 13.0. The summed E-state index contributed by atoms with van der Waals surface area (Å²) in [6.45, 7) is 7.46.